The number of rotatable bonds is 2. The molecule has 3 heteroatoms. The van der Waals surface area contributed by atoms with Crippen LogP contribution in [0, 0.1) is 0 Å². The minimum absolute atomic E-state index is 0.578. The molecule has 0 radical (unpaired) electrons. The molecule has 0 unspecified atom stereocenters. The van der Waals surface area contributed by atoms with Crippen molar-refractivity contribution < 1.29 is 0 Å². The largest absolute Gasteiger partial charge is 0.343 e. The fourth-order valence-corrected chi connectivity index (χ4v) is 2.42. The molecule has 0 amide bonds. The molecule has 0 saturated carbocycles. The molecular weight excluding hydrogens is 232 g/mol. The minimum atomic E-state index is 0.578. The molecule has 0 fully saturated rings. The Morgan fingerprint density at radius 3 is 3.06 bits per heavy atom. The topological polar surface area (TPSA) is 17.8 Å². The van der Waals surface area contributed by atoms with E-state index in [1.165, 1.54) is 5.57 Å². The Balaban J connectivity index is 1.98. The van der Waals surface area contributed by atoms with E-state index in [1.807, 2.05) is 12.1 Å². The van der Waals surface area contributed by atoms with Gasteiger partial charge in [-0.3, -0.25) is 0 Å². The molecule has 1 aliphatic rings. The number of aromatic nitrogens is 2. The summed E-state index contributed by atoms with van der Waals surface area (Å²) < 4.78 is 2.21. The summed E-state index contributed by atoms with van der Waals surface area (Å²) in [6.45, 7) is 0.903. The Hall–Kier alpha value is -1.54. The highest BCUT2D eigenvalue weighted by molar-refractivity contribution is 6.34. The van der Waals surface area contributed by atoms with Gasteiger partial charge in [-0.05, 0) is 30.5 Å². The zero-order chi connectivity index (χ0) is 11.7. The fraction of sp³-hybridized carbons (Fsp3) is 0.214. The van der Waals surface area contributed by atoms with Crippen LogP contribution in [0.2, 0.25) is 5.15 Å². The predicted molar refractivity (Wildman–Crippen MR) is 71.2 cm³/mol. The second kappa shape index (κ2) is 4.38. The Labute approximate surface area is 105 Å². The van der Waals surface area contributed by atoms with Crippen molar-refractivity contribution in [2.24, 2.45) is 0 Å². The first-order chi connectivity index (χ1) is 8.34. The van der Waals surface area contributed by atoms with Crippen molar-refractivity contribution in [3.63, 3.8) is 0 Å². The second-order valence-corrected chi connectivity index (χ2v) is 4.59. The summed E-state index contributed by atoms with van der Waals surface area (Å²) in [4.78, 5) is 4.09. The monoisotopic (exact) mass is 244 g/mol. The molecule has 0 N–H and O–H groups in total. The highest BCUT2D eigenvalue weighted by Crippen LogP contribution is 2.23. The molecule has 2 heterocycles. The van der Waals surface area contributed by atoms with Crippen LogP contribution >= 0.6 is 11.6 Å². The van der Waals surface area contributed by atoms with Gasteiger partial charge in [0.25, 0.3) is 0 Å². The van der Waals surface area contributed by atoms with E-state index in [9.17, 15) is 0 Å². The van der Waals surface area contributed by atoms with E-state index < -0.39 is 0 Å². The molecule has 2 aromatic heterocycles. The third-order valence-electron chi connectivity index (χ3n) is 3.07. The molecule has 2 nitrogen and oxygen atoms in total. The number of pyridine rings is 1. The summed E-state index contributed by atoms with van der Waals surface area (Å²) in [7, 11) is 0. The number of allylic oxidation sites excluding steroid dienone is 4. The van der Waals surface area contributed by atoms with E-state index in [0.717, 1.165) is 30.3 Å². The summed E-state index contributed by atoms with van der Waals surface area (Å²) in [6.07, 6.45) is 12.9. The van der Waals surface area contributed by atoms with E-state index >= 15 is 0 Å². The first-order valence-corrected chi connectivity index (χ1v) is 6.17. The van der Waals surface area contributed by atoms with Crippen LogP contribution in [-0.2, 0) is 6.54 Å². The SMILES string of the molecule is Clc1nccc2c1ccn2CC1=CCCC=C1. The fourth-order valence-electron chi connectivity index (χ4n) is 2.21. The van der Waals surface area contributed by atoms with Gasteiger partial charge in [-0.1, -0.05) is 29.8 Å². The molecular formula is C14H13ClN2. The number of fused-ring (bicyclic) bond motifs is 1. The summed E-state index contributed by atoms with van der Waals surface area (Å²) >= 11 is 6.06. The van der Waals surface area contributed by atoms with Gasteiger partial charge in [-0.15, -0.1) is 0 Å². The highest BCUT2D eigenvalue weighted by atomic mass is 35.5. The maximum absolute atomic E-state index is 6.06. The number of hydrogen-bond acceptors (Lipinski definition) is 1. The van der Waals surface area contributed by atoms with Crippen LogP contribution in [0.1, 0.15) is 12.8 Å². The van der Waals surface area contributed by atoms with Crippen molar-refractivity contribution >= 4 is 22.5 Å². The maximum atomic E-state index is 6.06. The standard InChI is InChI=1S/C14H13ClN2/c15-14-12-7-9-17(13(12)6-8-16-14)10-11-4-2-1-3-5-11/h2,4-9H,1,3,10H2. The van der Waals surface area contributed by atoms with Crippen LogP contribution in [0.3, 0.4) is 0 Å². The average molecular weight is 245 g/mol. The van der Waals surface area contributed by atoms with Crippen molar-refractivity contribution in [2.45, 2.75) is 19.4 Å². The van der Waals surface area contributed by atoms with Gasteiger partial charge in [-0.2, -0.15) is 0 Å². The lowest BCUT2D eigenvalue weighted by Gasteiger charge is -2.09. The van der Waals surface area contributed by atoms with Gasteiger partial charge in [0.15, 0.2) is 0 Å². The molecule has 0 bridgehead atoms. The minimum Gasteiger partial charge on any atom is -0.343 e. The highest BCUT2D eigenvalue weighted by Gasteiger charge is 2.06. The van der Waals surface area contributed by atoms with Crippen molar-refractivity contribution in [3.05, 3.63) is 53.5 Å². The van der Waals surface area contributed by atoms with Gasteiger partial charge in [0, 0.05) is 24.3 Å². The molecule has 0 spiro atoms. The zero-order valence-electron chi connectivity index (χ0n) is 9.44. The van der Waals surface area contributed by atoms with E-state index in [4.69, 9.17) is 11.6 Å². The van der Waals surface area contributed by atoms with Crippen LogP contribution in [0.4, 0.5) is 0 Å². The van der Waals surface area contributed by atoms with Crippen molar-refractivity contribution in [2.75, 3.05) is 0 Å². The first-order valence-electron chi connectivity index (χ1n) is 5.79. The van der Waals surface area contributed by atoms with Gasteiger partial charge >= 0.3 is 0 Å². The van der Waals surface area contributed by atoms with Gasteiger partial charge < -0.3 is 4.57 Å². The van der Waals surface area contributed by atoms with Crippen LogP contribution in [-0.4, -0.2) is 9.55 Å². The molecule has 0 atom stereocenters. The number of nitrogens with zero attached hydrogens (tertiary/aromatic N) is 2. The number of halogens is 1. The summed E-state index contributed by atoms with van der Waals surface area (Å²) in [5.41, 5.74) is 2.51. The van der Waals surface area contributed by atoms with E-state index in [2.05, 4.69) is 34.0 Å². The third kappa shape index (κ3) is 2.01. The van der Waals surface area contributed by atoms with Gasteiger partial charge in [0.05, 0.1) is 5.52 Å². The first kappa shape index (κ1) is 10.6. The van der Waals surface area contributed by atoms with Crippen molar-refractivity contribution in [1.82, 2.24) is 9.55 Å². The molecule has 86 valence electrons. The molecule has 17 heavy (non-hydrogen) atoms. The van der Waals surface area contributed by atoms with Crippen molar-refractivity contribution in [1.29, 1.82) is 0 Å². The quantitative estimate of drug-likeness (QED) is 0.731. The van der Waals surface area contributed by atoms with Gasteiger partial charge in [-0.25, -0.2) is 4.98 Å². The van der Waals surface area contributed by atoms with Gasteiger partial charge in [0.1, 0.15) is 5.15 Å². The van der Waals surface area contributed by atoms with E-state index in [1.54, 1.807) is 6.20 Å². The zero-order valence-corrected chi connectivity index (χ0v) is 10.2. The molecule has 0 aromatic carbocycles. The summed E-state index contributed by atoms with van der Waals surface area (Å²) in [6, 6.07) is 4.03. The molecule has 1 aliphatic carbocycles. The summed E-state index contributed by atoms with van der Waals surface area (Å²) in [5, 5.41) is 1.60. The van der Waals surface area contributed by atoms with Crippen LogP contribution in [0.15, 0.2) is 48.3 Å². The predicted octanol–water partition coefficient (Wildman–Crippen LogP) is 3.97. The molecule has 0 aliphatic heterocycles. The maximum Gasteiger partial charge on any atom is 0.138 e. The molecule has 2 aromatic rings. The second-order valence-electron chi connectivity index (χ2n) is 4.24. The summed E-state index contributed by atoms with van der Waals surface area (Å²) in [5.74, 6) is 0. The Kier molecular flexibility index (Phi) is 2.73. The van der Waals surface area contributed by atoms with Crippen molar-refractivity contribution in [3.8, 4) is 0 Å². The molecule has 0 saturated heterocycles. The lowest BCUT2D eigenvalue weighted by atomic mass is 10.1. The average Bonchev–Trinajstić information content (AvgIpc) is 2.76. The Bertz CT molecular complexity index is 608. The normalized spacial score (nSPS) is 15.2. The molecule has 3 rings (SSSR count). The lowest BCUT2D eigenvalue weighted by Crippen LogP contribution is -1.99. The Morgan fingerprint density at radius 1 is 1.29 bits per heavy atom. The van der Waals surface area contributed by atoms with E-state index in [-0.39, 0.29) is 0 Å². The number of hydrogen-bond donors (Lipinski definition) is 0. The third-order valence-corrected chi connectivity index (χ3v) is 3.37. The van der Waals surface area contributed by atoms with Gasteiger partial charge in [0.2, 0.25) is 0 Å². The lowest BCUT2D eigenvalue weighted by molar-refractivity contribution is 0.819. The van der Waals surface area contributed by atoms with E-state index in [0.29, 0.717) is 5.15 Å². The van der Waals surface area contributed by atoms with Crippen LogP contribution in [0.5, 0.6) is 0 Å². The smallest absolute Gasteiger partial charge is 0.138 e. The Morgan fingerprint density at radius 2 is 2.24 bits per heavy atom. The van der Waals surface area contributed by atoms with Crippen LogP contribution in [0.25, 0.3) is 10.9 Å². The van der Waals surface area contributed by atoms with Crippen LogP contribution < -0.4 is 0 Å².